The van der Waals surface area contributed by atoms with E-state index < -0.39 is 11.6 Å². The maximum atomic E-state index is 13.6. The maximum Gasteiger partial charge on any atom is 0.236 e. The van der Waals surface area contributed by atoms with Crippen LogP contribution in [0, 0.1) is 17.5 Å². The third-order valence-corrected chi connectivity index (χ3v) is 26.7. The second kappa shape index (κ2) is 42.2. The van der Waals surface area contributed by atoms with Gasteiger partial charge in [0.05, 0.1) is 6.54 Å². The molecule has 6 aliphatic heterocycles. The number of carbonyl (C=O) groups is 2. The van der Waals surface area contributed by atoms with E-state index >= 15 is 0 Å². The molecule has 6 aromatic heterocycles. The maximum absolute atomic E-state index is 13.6. The van der Waals surface area contributed by atoms with Gasteiger partial charge in [-0.1, -0.05) is 84.9 Å². The molecule has 8 aromatic carbocycles. The van der Waals surface area contributed by atoms with Crippen molar-refractivity contribution >= 4 is 78.2 Å². The van der Waals surface area contributed by atoms with Crippen molar-refractivity contribution in [1.82, 2.24) is 75.7 Å². The molecule has 6 saturated heterocycles. The number of pyridine rings is 1. The standard InChI is InChI=1S/C28H37N5O.C27H33FN4O.C25H26N4.C24H26F2N6/c1-21(2)33-17-16-32(28(34)20-33)15-12-29-24-10-13-31(14-11-24)25-8-5-7-22(18-25)27-19-23-6-3-4-9-26(23)30-27;28-22-7-8-25-21(17-22)19-26(30-25)20-5-4-6-24(18-20)31-15-10-23(11-16-31)29-12-9-27(33)32-13-2-1-3-14-32;1-2-7-24-21(4-1)17-25(28-24)20-5-3-6-23(16-20)29-14-10-22(11-15-29)27-18-19-8-12-26-13-9-19;1-31-24(28-15-29-31)5-8-27-18-6-9-32(10-7-18)19-4-2-3-16(11-19)22-13-17-12-20(25)21(26)14-23(17)30-22/h3-9,18-19,21,24,29-30H,10-17,20H2,1-2H3;4-8,17-19,23,29-30H,1-3,9-16H2;1-9,12-13,16-17,22,27-28H,10-11,14-15,18H2;2-4,11-15,18,27,30H,5-10H2,1H3. The van der Waals surface area contributed by atoms with Gasteiger partial charge in [0.25, 0.3) is 0 Å². The SMILES string of the molecule is CC(C)N1CCN(CCNC2CCN(c3cccc(-c4cc5ccccc5[nH]4)c3)CC2)C(=O)C1.Cn1ncnc1CCNC1CCN(c2cccc(-c3cc4cc(F)c(F)cc4[nH]3)c2)CC1.O=C(CCNC1CCN(c2cccc(-c3cc4cc(F)ccc4[nH]3)c2)CC1)N1CCCCC1.c1cc(-c2cc3ccccc3[nH]2)cc(N2CCC(NCc3ccncc3)CC2)c1. The minimum Gasteiger partial charge on any atom is -0.371 e. The van der Waals surface area contributed by atoms with Crippen molar-refractivity contribution in [2.45, 2.75) is 134 Å². The molecule has 0 bridgehead atoms. The number of rotatable bonds is 24. The molecule has 0 atom stereocenters. The Hall–Kier alpha value is -12.1. The van der Waals surface area contributed by atoms with Gasteiger partial charge in [0, 0.05) is 269 Å². The van der Waals surface area contributed by atoms with Crippen molar-refractivity contribution in [3.63, 3.8) is 0 Å². The largest absolute Gasteiger partial charge is 0.371 e. The normalized spacial score (nSPS) is 16.6. The van der Waals surface area contributed by atoms with Crippen LogP contribution in [0.15, 0.2) is 231 Å². The average molecular weight is 1730 g/mol. The molecule has 0 aliphatic carbocycles. The number of aromatic nitrogens is 8. The first-order valence-electron chi connectivity index (χ1n) is 46.4. The lowest BCUT2D eigenvalue weighted by molar-refractivity contribution is -0.136. The highest BCUT2D eigenvalue weighted by Gasteiger charge is 2.29. The Morgan fingerprint density at radius 1 is 0.438 bits per heavy atom. The van der Waals surface area contributed by atoms with Crippen LogP contribution in [0.3, 0.4) is 0 Å². The number of benzene rings is 8. The molecule has 128 heavy (non-hydrogen) atoms. The summed E-state index contributed by atoms with van der Waals surface area (Å²) in [4.78, 5) is 63.0. The van der Waals surface area contributed by atoms with Gasteiger partial charge in [-0.2, -0.15) is 5.10 Å². The van der Waals surface area contributed by atoms with Crippen molar-refractivity contribution in [2.24, 2.45) is 7.05 Å². The Morgan fingerprint density at radius 2 is 0.883 bits per heavy atom. The first kappa shape index (κ1) is 88.0. The number of hydrogen-bond acceptors (Lipinski definition) is 14. The van der Waals surface area contributed by atoms with Crippen molar-refractivity contribution in [2.75, 3.05) is 131 Å². The Morgan fingerprint density at radius 3 is 1.36 bits per heavy atom. The van der Waals surface area contributed by atoms with Crippen LogP contribution in [-0.2, 0) is 29.6 Å². The number of aromatic amines is 4. The van der Waals surface area contributed by atoms with Crippen molar-refractivity contribution in [1.29, 1.82) is 0 Å². The molecule has 6 fully saturated rings. The highest BCUT2D eigenvalue weighted by atomic mass is 19.2. The second-order valence-corrected chi connectivity index (χ2v) is 35.5. The summed E-state index contributed by atoms with van der Waals surface area (Å²) in [5.74, 6) is -0.316. The molecule has 2 amide bonds. The Bertz CT molecular complexity index is 5860. The highest BCUT2D eigenvalue weighted by molar-refractivity contribution is 5.90. The molecule has 0 radical (unpaired) electrons. The average Bonchev–Trinajstić information content (AvgIpc) is 1.66. The third kappa shape index (κ3) is 22.7. The van der Waals surface area contributed by atoms with Gasteiger partial charge in [0.1, 0.15) is 18.0 Å². The summed E-state index contributed by atoms with van der Waals surface area (Å²) in [6.07, 6.45) is 19.3. The number of para-hydroxylation sites is 2. The first-order chi connectivity index (χ1) is 62.6. The number of fused-ring (bicyclic) bond motifs is 4. The topological polar surface area (TPSA) is 212 Å². The van der Waals surface area contributed by atoms with Crippen LogP contribution in [0.2, 0.25) is 0 Å². The summed E-state index contributed by atoms with van der Waals surface area (Å²) in [5, 5.41) is 22.8. The van der Waals surface area contributed by atoms with Gasteiger partial charge < -0.3 is 70.6 Å². The number of amides is 2. The number of aryl methyl sites for hydroxylation is 1. The van der Waals surface area contributed by atoms with Gasteiger partial charge in [-0.15, -0.1) is 0 Å². The molecule has 0 saturated carbocycles. The summed E-state index contributed by atoms with van der Waals surface area (Å²) >= 11 is 0. The number of likely N-dealkylation sites (tertiary alicyclic amines) is 1. The fraction of sp³-hybridized carbons (Fsp3) is 0.375. The van der Waals surface area contributed by atoms with Crippen molar-refractivity contribution in [3.05, 3.63) is 260 Å². The van der Waals surface area contributed by atoms with Crippen molar-refractivity contribution in [3.8, 4) is 45.0 Å². The Labute approximate surface area is 749 Å². The van der Waals surface area contributed by atoms with Gasteiger partial charge in [-0.3, -0.25) is 24.2 Å². The molecule has 0 unspecified atom stereocenters. The third-order valence-electron chi connectivity index (χ3n) is 26.7. The molecule has 12 heterocycles. The fourth-order valence-electron chi connectivity index (χ4n) is 19.0. The number of nitrogens with one attached hydrogen (secondary N) is 8. The molecule has 21 nitrogen and oxygen atoms in total. The lowest BCUT2D eigenvalue weighted by atomic mass is 10.0. The second-order valence-electron chi connectivity index (χ2n) is 35.5. The predicted molar refractivity (Wildman–Crippen MR) is 514 cm³/mol. The Kier molecular flexibility index (Phi) is 29.0. The molecular weight excluding hydrogens is 1600 g/mol. The van der Waals surface area contributed by atoms with Gasteiger partial charge in [0.2, 0.25) is 11.8 Å². The van der Waals surface area contributed by atoms with Gasteiger partial charge >= 0.3 is 0 Å². The Balaban J connectivity index is 0.000000120. The highest BCUT2D eigenvalue weighted by Crippen LogP contribution is 2.36. The van der Waals surface area contributed by atoms with Crippen LogP contribution in [-0.4, -0.2) is 208 Å². The van der Waals surface area contributed by atoms with E-state index in [2.05, 4.69) is 252 Å². The summed E-state index contributed by atoms with van der Waals surface area (Å²) in [6, 6.07) is 73.9. The van der Waals surface area contributed by atoms with Crippen LogP contribution < -0.4 is 40.9 Å². The molecular formula is C104H122F3N19O2. The number of carbonyl (C=O) groups excluding carboxylic acids is 2. The monoisotopic (exact) mass is 1730 g/mol. The number of piperidine rings is 5. The summed E-state index contributed by atoms with van der Waals surface area (Å²) in [6.45, 7) is 21.1. The van der Waals surface area contributed by atoms with E-state index in [1.807, 2.05) is 58.2 Å². The van der Waals surface area contributed by atoms with Crippen LogP contribution in [0.25, 0.3) is 88.6 Å². The first-order valence-corrected chi connectivity index (χ1v) is 46.4. The van der Waals surface area contributed by atoms with E-state index in [4.69, 9.17) is 0 Å². The van der Waals surface area contributed by atoms with Crippen molar-refractivity contribution < 1.29 is 22.8 Å². The molecule has 8 N–H and O–H groups in total. The van der Waals surface area contributed by atoms with Gasteiger partial charge in [-0.05, 0) is 234 Å². The molecule has 666 valence electrons. The fourth-order valence-corrected chi connectivity index (χ4v) is 19.0. The molecule has 14 aromatic rings. The van der Waals surface area contributed by atoms with E-state index in [1.165, 1.54) is 104 Å². The van der Waals surface area contributed by atoms with E-state index in [9.17, 15) is 22.8 Å². The number of anilines is 4. The minimum atomic E-state index is -0.840. The molecule has 24 heteroatoms. The zero-order valence-corrected chi connectivity index (χ0v) is 74.1. The lowest BCUT2D eigenvalue weighted by Crippen LogP contribution is -2.54. The van der Waals surface area contributed by atoms with E-state index in [0.717, 1.165) is 214 Å². The number of hydrogen-bond donors (Lipinski definition) is 8. The summed E-state index contributed by atoms with van der Waals surface area (Å²) < 4.78 is 42.5. The summed E-state index contributed by atoms with van der Waals surface area (Å²) in [7, 11) is 1.92. The van der Waals surface area contributed by atoms with Crippen LogP contribution in [0.5, 0.6) is 0 Å². The lowest BCUT2D eigenvalue weighted by Gasteiger charge is -2.37. The zero-order chi connectivity index (χ0) is 87.7. The predicted octanol–water partition coefficient (Wildman–Crippen LogP) is 17.9. The van der Waals surface area contributed by atoms with E-state index in [1.54, 1.807) is 18.5 Å². The van der Waals surface area contributed by atoms with E-state index in [0.29, 0.717) is 60.0 Å². The number of nitrogens with zero attached hydrogens (tertiary/aromatic N) is 11. The number of piperazine rings is 1. The molecule has 6 aliphatic rings. The molecule has 0 spiro atoms. The van der Waals surface area contributed by atoms with E-state index in [-0.39, 0.29) is 11.7 Å². The van der Waals surface area contributed by atoms with Crippen LogP contribution in [0.1, 0.15) is 102 Å². The van der Waals surface area contributed by atoms with Gasteiger partial charge in [0.15, 0.2) is 11.6 Å². The smallest absolute Gasteiger partial charge is 0.236 e. The quantitative estimate of drug-likeness (QED) is 0.0283. The number of halogens is 3. The summed E-state index contributed by atoms with van der Waals surface area (Å²) in [5.41, 5.74) is 19.0. The zero-order valence-electron chi connectivity index (χ0n) is 74.1. The van der Waals surface area contributed by atoms with Crippen LogP contribution >= 0.6 is 0 Å². The molecule has 20 rings (SSSR count). The van der Waals surface area contributed by atoms with Gasteiger partial charge in [-0.25, -0.2) is 18.2 Å². The minimum absolute atomic E-state index is 0.214. The number of H-pyrrole nitrogens is 4. The van der Waals surface area contributed by atoms with Crippen LogP contribution in [0.4, 0.5) is 35.9 Å².